The molecular formula is C51H88NO9P. The fourth-order valence-corrected chi connectivity index (χ4v) is 6.69. The number of aliphatic hydroxyl groups excluding tert-OH is 1. The average molecular weight is 890 g/mol. The molecule has 0 aliphatic carbocycles. The predicted octanol–water partition coefficient (Wildman–Crippen LogP) is 12.3. The van der Waals surface area contributed by atoms with Gasteiger partial charge in [0.15, 0.2) is 6.10 Å². The summed E-state index contributed by atoms with van der Waals surface area (Å²) >= 11 is 0. The number of rotatable bonds is 42. The van der Waals surface area contributed by atoms with Gasteiger partial charge in [0.25, 0.3) is 7.82 Å². The Bertz CT molecular complexity index is 1340. The molecule has 0 radical (unpaired) electrons. The van der Waals surface area contributed by atoms with Crippen molar-refractivity contribution in [2.45, 2.75) is 180 Å². The summed E-state index contributed by atoms with van der Waals surface area (Å²) in [5, 5.41) is 9.74. The zero-order chi connectivity index (χ0) is 45.8. The van der Waals surface area contributed by atoms with Gasteiger partial charge < -0.3 is 33.0 Å². The molecule has 0 spiro atoms. The predicted molar refractivity (Wildman–Crippen MR) is 255 cm³/mol. The van der Waals surface area contributed by atoms with Gasteiger partial charge in [0, 0.05) is 12.8 Å². The minimum absolute atomic E-state index is 0.0529. The van der Waals surface area contributed by atoms with Gasteiger partial charge in [-0.15, -0.1) is 0 Å². The average Bonchev–Trinajstić information content (AvgIpc) is 3.22. The number of esters is 2. The second kappa shape index (κ2) is 42.1. The standard InChI is InChI=1S/C51H88NO9P/c1-6-8-9-10-11-12-13-14-15-16-17-18-19-20-23-27-30-33-36-39-43-51(55)61-49(47-60-62(56,57)59-45-44-52(3,4)5)46-58-50(54)42-38-35-32-29-26-24-21-22-25-28-31-34-37-41-48(53)40-7-2/h12-13,15-16,18-19,21,24-25,28-29,32,34,37,48-49,53H,6-11,14,17,20,22-23,26-27,30-31,33,35-36,38-47H2,1-5H3/b13-12-,16-15-,19-18-,24-21-,28-25-,32-29-,37-34-/t48?,49-/m1/s1. The van der Waals surface area contributed by atoms with Gasteiger partial charge in [0.2, 0.25) is 0 Å². The highest BCUT2D eigenvalue weighted by atomic mass is 31.2. The summed E-state index contributed by atoms with van der Waals surface area (Å²) in [5.41, 5.74) is 0. The largest absolute Gasteiger partial charge is 0.756 e. The lowest BCUT2D eigenvalue weighted by Gasteiger charge is -2.28. The molecule has 0 fully saturated rings. The van der Waals surface area contributed by atoms with E-state index in [2.05, 4.69) is 86.8 Å². The molecule has 0 amide bonds. The Balaban J connectivity index is 4.46. The number of carbonyl (C=O) groups excluding carboxylic acids is 2. The van der Waals surface area contributed by atoms with Crippen LogP contribution >= 0.6 is 7.82 Å². The van der Waals surface area contributed by atoms with E-state index in [1.54, 1.807) is 0 Å². The molecule has 10 nitrogen and oxygen atoms in total. The Hall–Kier alpha value is -2.85. The maximum absolute atomic E-state index is 12.7. The topological polar surface area (TPSA) is 131 Å². The van der Waals surface area contributed by atoms with Crippen molar-refractivity contribution in [2.75, 3.05) is 47.5 Å². The highest BCUT2D eigenvalue weighted by Crippen LogP contribution is 2.38. The Morgan fingerprint density at radius 1 is 0.581 bits per heavy atom. The first-order valence-corrected chi connectivity index (χ1v) is 25.3. The second-order valence-electron chi connectivity index (χ2n) is 16.9. The summed E-state index contributed by atoms with van der Waals surface area (Å²) in [6.45, 7) is 3.90. The van der Waals surface area contributed by atoms with Crippen LogP contribution in [-0.2, 0) is 32.7 Å². The van der Waals surface area contributed by atoms with E-state index < -0.39 is 32.5 Å². The van der Waals surface area contributed by atoms with Gasteiger partial charge in [-0.25, -0.2) is 0 Å². The first kappa shape index (κ1) is 59.1. The van der Waals surface area contributed by atoms with Gasteiger partial charge in [0.05, 0.1) is 33.9 Å². The monoisotopic (exact) mass is 890 g/mol. The summed E-state index contributed by atoms with van der Waals surface area (Å²) in [4.78, 5) is 37.6. The van der Waals surface area contributed by atoms with Crippen LogP contribution in [0.15, 0.2) is 85.1 Å². The summed E-state index contributed by atoms with van der Waals surface area (Å²) in [6.07, 6.45) is 51.0. The summed E-state index contributed by atoms with van der Waals surface area (Å²) in [7, 11) is 1.09. The van der Waals surface area contributed by atoms with E-state index >= 15 is 0 Å². The normalized spacial score (nSPS) is 14.8. The third kappa shape index (κ3) is 45.2. The molecule has 3 atom stereocenters. The lowest BCUT2D eigenvalue weighted by atomic mass is 10.1. The highest BCUT2D eigenvalue weighted by Gasteiger charge is 2.21. The van der Waals surface area contributed by atoms with E-state index in [1.165, 1.54) is 32.1 Å². The molecule has 0 bridgehead atoms. The number of carbonyl (C=O) groups is 2. The van der Waals surface area contributed by atoms with Crippen LogP contribution in [0.25, 0.3) is 0 Å². The number of phosphoric ester groups is 1. The van der Waals surface area contributed by atoms with E-state index in [4.69, 9.17) is 18.5 Å². The van der Waals surface area contributed by atoms with E-state index in [0.717, 1.165) is 83.5 Å². The maximum Gasteiger partial charge on any atom is 0.306 e. The molecule has 0 aromatic rings. The third-order valence-electron chi connectivity index (χ3n) is 9.69. The van der Waals surface area contributed by atoms with Crippen molar-refractivity contribution in [2.24, 2.45) is 0 Å². The van der Waals surface area contributed by atoms with Crippen LogP contribution in [0, 0.1) is 0 Å². The second-order valence-corrected chi connectivity index (χ2v) is 18.4. The summed E-state index contributed by atoms with van der Waals surface area (Å²) in [6, 6.07) is 0. The van der Waals surface area contributed by atoms with Gasteiger partial charge in [0.1, 0.15) is 19.8 Å². The lowest BCUT2D eigenvalue weighted by molar-refractivity contribution is -0.870. The van der Waals surface area contributed by atoms with Crippen molar-refractivity contribution < 1.29 is 47.2 Å². The van der Waals surface area contributed by atoms with E-state index in [0.29, 0.717) is 36.7 Å². The number of unbranched alkanes of at least 4 members (excludes halogenated alkanes) is 11. The number of likely N-dealkylation sites (N-methyl/N-ethyl adjacent to an activating group) is 1. The van der Waals surface area contributed by atoms with Crippen molar-refractivity contribution in [3.63, 3.8) is 0 Å². The van der Waals surface area contributed by atoms with E-state index in [1.807, 2.05) is 33.3 Å². The molecule has 11 heteroatoms. The van der Waals surface area contributed by atoms with Crippen molar-refractivity contribution in [1.29, 1.82) is 0 Å². The number of phosphoric acid groups is 1. The minimum atomic E-state index is -4.66. The SMILES string of the molecule is CCCCCC/C=C\C/C=C\C/C=C\CCCCCCCCC(=O)O[C@H](COC(=O)CCC/C=C\C/C=C\C/C=C\C/C=C\CC(O)CCC)COP(=O)([O-])OCC[N+](C)(C)C. The lowest BCUT2D eigenvalue weighted by Crippen LogP contribution is -2.37. The minimum Gasteiger partial charge on any atom is -0.756 e. The van der Waals surface area contributed by atoms with Crippen molar-refractivity contribution in [3.8, 4) is 0 Å². The Labute approximate surface area is 378 Å². The molecule has 62 heavy (non-hydrogen) atoms. The fourth-order valence-electron chi connectivity index (χ4n) is 5.96. The Kier molecular flexibility index (Phi) is 40.2. The van der Waals surface area contributed by atoms with Crippen LogP contribution in [0.2, 0.25) is 0 Å². The Morgan fingerprint density at radius 2 is 1.05 bits per heavy atom. The first-order chi connectivity index (χ1) is 29.9. The van der Waals surface area contributed by atoms with Gasteiger partial charge in [-0.05, 0) is 89.9 Å². The number of nitrogens with zero attached hydrogens (tertiary/aromatic N) is 1. The molecule has 0 saturated carbocycles. The summed E-state index contributed by atoms with van der Waals surface area (Å²) < 4.78 is 33.9. The summed E-state index contributed by atoms with van der Waals surface area (Å²) in [5.74, 6) is -0.942. The molecule has 0 heterocycles. The molecule has 0 aromatic heterocycles. The van der Waals surface area contributed by atoms with Gasteiger partial charge >= 0.3 is 11.9 Å². The van der Waals surface area contributed by atoms with E-state index in [-0.39, 0.29) is 32.2 Å². The molecule has 0 aliphatic heterocycles. The Morgan fingerprint density at radius 3 is 1.58 bits per heavy atom. The van der Waals surface area contributed by atoms with E-state index in [9.17, 15) is 24.2 Å². The van der Waals surface area contributed by atoms with Gasteiger partial charge in [-0.3, -0.25) is 14.2 Å². The van der Waals surface area contributed by atoms with Crippen LogP contribution < -0.4 is 4.89 Å². The third-order valence-corrected chi connectivity index (χ3v) is 10.7. The molecule has 0 saturated heterocycles. The number of aliphatic hydroxyl groups is 1. The first-order valence-electron chi connectivity index (χ1n) is 23.9. The molecule has 2 unspecified atom stereocenters. The molecule has 356 valence electrons. The van der Waals surface area contributed by atoms with Crippen LogP contribution in [0.5, 0.6) is 0 Å². The zero-order valence-corrected chi connectivity index (χ0v) is 40.5. The number of quaternary nitrogens is 1. The van der Waals surface area contributed by atoms with Crippen LogP contribution in [0.1, 0.15) is 168 Å². The number of ether oxygens (including phenoxy) is 2. The molecular weight excluding hydrogens is 802 g/mol. The highest BCUT2D eigenvalue weighted by molar-refractivity contribution is 7.45. The molecule has 1 N–H and O–H groups in total. The fraction of sp³-hybridized carbons (Fsp3) is 0.686. The number of hydrogen-bond donors (Lipinski definition) is 1. The number of allylic oxidation sites excluding steroid dienone is 13. The van der Waals surface area contributed by atoms with Gasteiger partial charge in [-0.2, -0.15) is 0 Å². The van der Waals surface area contributed by atoms with Gasteiger partial charge in [-0.1, -0.05) is 150 Å². The zero-order valence-electron chi connectivity index (χ0n) is 39.6. The number of hydrogen-bond acceptors (Lipinski definition) is 9. The van der Waals surface area contributed by atoms with Crippen molar-refractivity contribution in [3.05, 3.63) is 85.1 Å². The molecule has 0 aliphatic rings. The molecule has 0 rings (SSSR count). The molecule has 0 aromatic carbocycles. The van der Waals surface area contributed by atoms with Crippen LogP contribution in [0.3, 0.4) is 0 Å². The quantitative estimate of drug-likeness (QED) is 0.0209. The van der Waals surface area contributed by atoms with Crippen molar-refractivity contribution in [1.82, 2.24) is 0 Å². The van der Waals surface area contributed by atoms with Crippen LogP contribution in [0.4, 0.5) is 0 Å². The maximum atomic E-state index is 12.7. The van der Waals surface area contributed by atoms with Crippen molar-refractivity contribution >= 4 is 19.8 Å². The van der Waals surface area contributed by atoms with Crippen LogP contribution in [-0.4, -0.2) is 81.2 Å². The smallest absolute Gasteiger partial charge is 0.306 e.